The van der Waals surface area contributed by atoms with Gasteiger partial charge in [-0.15, -0.1) is 0 Å². The SMILES string of the molecule is COc1ccc(/C=C2\Oc3cc(OC(=O)c4cccnc4)cc(C)c3C2=O)c(OC)c1OC. The van der Waals surface area contributed by atoms with Crippen LogP contribution < -0.4 is 23.7 Å². The molecule has 8 nitrogen and oxygen atoms in total. The van der Waals surface area contributed by atoms with Crippen LogP contribution in [0.3, 0.4) is 0 Å². The fourth-order valence-corrected chi connectivity index (χ4v) is 3.57. The molecule has 33 heavy (non-hydrogen) atoms. The van der Waals surface area contributed by atoms with Gasteiger partial charge in [0.25, 0.3) is 0 Å². The minimum absolute atomic E-state index is 0.106. The Balaban J connectivity index is 1.66. The van der Waals surface area contributed by atoms with E-state index < -0.39 is 5.97 Å². The van der Waals surface area contributed by atoms with Crippen LogP contribution in [0.25, 0.3) is 6.08 Å². The molecular formula is C25H21NO7. The van der Waals surface area contributed by atoms with Crippen LogP contribution in [0.5, 0.6) is 28.7 Å². The molecule has 0 fully saturated rings. The molecule has 0 unspecified atom stereocenters. The van der Waals surface area contributed by atoms with Gasteiger partial charge in [-0.05, 0) is 48.9 Å². The molecule has 0 atom stereocenters. The topological polar surface area (TPSA) is 93.2 Å². The van der Waals surface area contributed by atoms with Crippen LogP contribution >= 0.6 is 0 Å². The highest BCUT2D eigenvalue weighted by Gasteiger charge is 2.31. The van der Waals surface area contributed by atoms with Gasteiger partial charge in [0.05, 0.1) is 32.5 Å². The molecule has 0 N–H and O–H groups in total. The molecule has 0 amide bonds. The molecule has 0 saturated heterocycles. The van der Waals surface area contributed by atoms with Crippen LogP contribution in [-0.4, -0.2) is 38.1 Å². The normalized spacial score (nSPS) is 13.3. The molecule has 3 aromatic rings. The second kappa shape index (κ2) is 9.04. The van der Waals surface area contributed by atoms with Gasteiger partial charge in [0, 0.05) is 24.0 Å². The Morgan fingerprint density at radius 1 is 1.03 bits per heavy atom. The molecule has 0 spiro atoms. The average molecular weight is 447 g/mol. The van der Waals surface area contributed by atoms with Gasteiger partial charge in [0.15, 0.2) is 17.3 Å². The third-order valence-corrected chi connectivity index (χ3v) is 5.07. The van der Waals surface area contributed by atoms with E-state index in [1.807, 2.05) is 0 Å². The molecular weight excluding hydrogens is 426 g/mol. The van der Waals surface area contributed by atoms with Crippen LogP contribution in [-0.2, 0) is 0 Å². The number of esters is 1. The van der Waals surface area contributed by atoms with Crippen LogP contribution in [0.2, 0.25) is 0 Å². The smallest absolute Gasteiger partial charge is 0.345 e. The Bertz CT molecular complexity index is 1270. The van der Waals surface area contributed by atoms with Crippen molar-refractivity contribution in [1.29, 1.82) is 0 Å². The number of aryl methyl sites for hydroxylation is 1. The molecule has 8 heteroatoms. The third kappa shape index (κ3) is 4.10. The highest BCUT2D eigenvalue weighted by Crippen LogP contribution is 2.42. The highest BCUT2D eigenvalue weighted by molar-refractivity contribution is 6.15. The van der Waals surface area contributed by atoms with E-state index in [0.717, 1.165) is 0 Å². The van der Waals surface area contributed by atoms with Crippen molar-refractivity contribution < 1.29 is 33.3 Å². The number of pyridine rings is 1. The van der Waals surface area contributed by atoms with E-state index in [9.17, 15) is 9.59 Å². The molecule has 0 bridgehead atoms. The van der Waals surface area contributed by atoms with Gasteiger partial charge in [0.1, 0.15) is 11.5 Å². The number of nitrogens with zero attached hydrogens (tertiary/aromatic N) is 1. The first-order valence-corrected chi connectivity index (χ1v) is 9.97. The Labute approximate surface area is 190 Å². The molecule has 0 saturated carbocycles. The Hall–Kier alpha value is -4.33. The van der Waals surface area contributed by atoms with E-state index in [2.05, 4.69) is 4.98 Å². The number of carbonyl (C=O) groups is 2. The summed E-state index contributed by atoms with van der Waals surface area (Å²) in [5.41, 5.74) is 1.91. The molecule has 2 aromatic carbocycles. The van der Waals surface area contributed by atoms with Crippen molar-refractivity contribution in [3.8, 4) is 28.7 Å². The summed E-state index contributed by atoms with van der Waals surface area (Å²) in [6.45, 7) is 1.75. The molecule has 0 aliphatic carbocycles. The monoisotopic (exact) mass is 447 g/mol. The lowest BCUT2D eigenvalue weighted by Gasteiger charge is -2.14. The van der Waals surface area contributed by atoms with Gasteiger partial charge in [-0.25, -0.2) is 4.79 Å². The van der Waals surface area contributed by atoms with E-state index >= 15 is 0 Å². The summed E-state index contributed by atoms with van der Waals surface area (Å²) in [6.07, 6.45) is 4.56. The number of hydrogen-bond acceptors (Lipinski definition) is 8. The van der Waals surface area contributed by atoms with Crippen molar-refractivity contribution in [1.82, 2.24) is 4.98 Å². The summed E-state index contributed by atoms with van der Waals surface area (Å²) < 4.78 is 27.5. The Morgan fingerprint density at radius 2 is 1.82 bits per heavy atom. The predicted octanol–water partition coefficient (Wildman–Crippen LogP) is 4.25. The maximum Gasteiger partial charge on any atom is 0.345 e. The molecule has 4 rings (SSSR count). The van der Waals surface area contributed by atoms with Gasteiger partial charge in [-0.3, -0.25) is 9.78 Å². The highest BCUT2D eigenvalue weighted by atomic mass is 16.5. The standard InChI is InChI=1S/C25H21NO7/c1-14-10-17(32-25(28)16-6-5-9-26-13-16)12-19-21(14)22(27)20(33-19)11-15-7-8-18(29-2)24(31-4)23(15)30-3/h5-13H,1-4H3/b20-11-. The maximum atomic E-state index is 13.0. The van der Waals surface area contributed by atoms with Crippen LogP contribution in [0.4, 0.5) is 0 Å². The number of hydrogen-bond donors (Lipinski definition) is 0. The number of Topliss-reactive ketones (excluding diaryl/α,β-unsaturated/α-hetero) is 1. The number of ether oxygens (including phenoxy) is 5. The quantitative estimate of drug-likeness (QED) is 0.315. The predicted molar refractivity (Wildman–Crippen MR) is 119 cm³/mol. The Kier molecular flexibility index (Phi) is 5.99. The number of benzene rings is 2. The van der Waals surface area contributed by atoms with Crippen molar-refractivity contribution in [2.75, 3.05) is 21.3 Å². The van der Waals surface area contributed by atoms with Gasteiger partial charge in [-0.1, -0.05) is 0 Å². The lowest BCUT2D eigenvalue weighted by Crippen LogP contribution is -2.09. The lowest BCUT2D eigenvalue weighted by molar-refractivity contribution is 0.0734. The van der Waals surface area contributed by atoms with E-state index in [1.165, 1.54) is 33.6 Å². The van der Waals surface area contributed by atoms with Crippen molar-refractivity contribution in [2.45, 2.75) is 6.92 Å². The van der Waals surface area contributed by atoms with E-state index in [-0.39, 0.29) is 17.3 Å². The van der Waals surface area contributed by atoms with Gasteiger partial charge >= 0.3 is 5.97 Å². The van der Waals surface area contributed by atoms with E-state index in [0.29, 0.717) is 45.3 Å². The van der Waals surface area contributed by atoms with Gasteiger partial charge in [-0.2, -0.15) is 0 Å². The van der Waals surface area contributed by atoms with Crippen molar-refractivity contribution >= 4 is 17.8 Å². The van der Waals surface area contributed by atoms with Crippen molar-refractivity contribution in [3.63, 3.8) is 0 Å². The first-order valence-electron chi connectivity index (χ1n) is 9.97. The molecule has 2 heterocycles. The minimum Gasteiger partial charge on any atom is -0.493 e. The summed E-state index contributed by atoms with van der Waals surface area (Å²) >= 11 is 0. The number of methoxy groups -OCH3 is 3. The summed E-state index contributed by atoms with van der Waals surface area (Å²) in [5, 5.41) is 0. The zero-order valence-corrected chi connectivity index (χ0v) is 18.5. The summed E-state index contributed by atoms with van der Waals surface area (Å²) in [4.78, 5) is 29.3. The summed E-state index contributed by atoms with van der Waals surface area (Å²) in [6, 6.07) is 9.83. The van der Waals surface area contributed by atoms with Crippen LogP contribution in [0.1, 0.15) is 31.8 Å². The second-order valence-corrected chi connectivity index (χ2v) is 7.11. The number of rotatable bonds is 6. The lowest BCUT2D eigenvalue weighted by atomic mass is 10.0. The largest absolute Gasteiger partial charge is 0.493 e. The third-order valence-electron chi connectivity index (χ3n) is 5.07. The number of carbonyl (C=O) groups excluding carboxylic acids is 2. The zero-order chi connectivity index (χ0) is 23.5. The summed E-state index contributed by atoms with van der Waals surface area (Å²) in [5.74, 6) is 1.13. The number of fused-ring (bicyclic) bond motifs is 1. The average Bonchev–Trinajstić information content (AvgIpc) is 3.14. The van der Waals surface area contributed by atoms with Crippen molar-refractivity contribution in [3.05, 3.63) is 76.8 Å². The van der Waals surface area contributed by atoms with Crippen molar-refractivity contribution in [2.24, 2.45) is 0 Å². The first kappa shape index (κ1) is 21.9. The van der Waals surface area contributed by atoms with Crippen LogP contribution in [0.15, 0.2) is 54.6 Å². The Morgan fingerprint density at radius 3 is 2.48 bits per heavy atom. The molecule has 1 aliphatic rings. The molecule has 1 aromatic heterocycles. The number of aromatic nitrogens is 1. The minimum atomic E-state index is -0.558. The fraction of sp³-hybridized carbons (Fsp3) is 0.160. The van der Waals surface area contributed by atoms with Gasteiger partial charge in [0.2, 0.25) is 11.5 Å². The maximum absolute atomic E-state index is 13.0. The summed E-state index contributed by atoms with van der Waals surface area (Å²) in [7, 11) is 4.53. The number of allylic oxidation sites excluding steroid dienone is 1. The fourth-order valence-electron chi connectivity index (χ4n) is 3.57. The zero-order valence-electron chi connectivity index (χ0n) is 18.5. The first-order chi connectivity index (χ1) is 16.0. The van der Waals surface area contributed by atoms with Crippen LogP contribution in [0, 0.1) is 6.92 Å². The second-order valence-electron chi connectivity index (χ2n) is 7.11. The van der Waals surface area contributed by atoms with E-state index in [1.54, 1.807) is 49.5 Å². The molecule has 1 aliphatic heterocycles. The number of ketones is 1. The molecule has 168 valence electrons. The van der Waals surface area contributed by atoms with E-state index in [4.69, 9.17) is 23.7 Å². The van der Waals surface area contributed by atoms with Gasteiger partial charge < -0.3 is 23.7 Å². The molecule has 0 radical (unpaired) electrons.